The summed E-state index contributed by atoms with van der Waals surface area (Å²) in [5, 5.41) is -0.723. The minimum absolute atomic E-state index is 0.262. The molecule has 1 rings (SSSR count). The first kappa shape index (κ1) is 11.9. The number of sulfone groups is 1. The second-order valence-corrected chi connectivity index (χ2v) is 6.02. The zero-order valence-corrected chi connectivity index (χ0v) is 10.1. The van der Waals surface area contributed by atoms with Crippen molar-refractivity contribution in [3.8, 4) is 0 Å². The summed E-state index contributed by atoms with van der Waals surface area (Å²) >= 11 is 0. The van der Waals surface area contributed by atoms with Gasteiger partial charge in [0.1, 0.15) is 16.9 Å². The van der Waals surface area contributed by atoms with Gasteiger partial charge in [-0.1, -0.05) is 0 Å². The molecule has 0 fully saturated rings. The molecule has 0 bridgehead atoms. The van der Waals surface area contributed by atoms with E-state index in [4.69, 9.17) is 5.73 Å². The average Bonchev–Trinajstić information content (AvgIpc) is 2.10. The Balaban J connectivity index is 3.29. The molecule has 0 saturated heterocycles. The van der Waals surface area contributed by atoms with Gasteiger partial charge in [-0.2, -0.15) is 0 Å². The third-order valence-corrected chi connectivity index (χ3v) is 3.95. The molecule has 1 heterocycles. The lowest BCUT2D eigenvalue weighted by atomic mass is 10.2. The molecule has 0 aliphatic carbocycles. The summed E-state index contributed by atoms with van der Waals surface area (Å²) in [4.78, 5) is 8.12. The Morgan fingerprint density at radius 2 is 1.80 bits per heavy atom. The van der Waals surface area contributed by atoms with E-state index in [1.54, 1.807) is 20.8 Å². The van der Waals surface area contributed by atoms with Crippen LogP contribution in [0.2, 0.25) is 0 Å². The van der Waals surface area contributed by atoms with Gasteiger partial charge in [-0.15, -0.1) is 0 Å². The minimum atomic E-state index is -3.18. The number of anilines is 1. The Bertz CT molecular complexity index is 459. The zero-order valence-electron chi connectivity index (χ0n) is 9.27. The van der Waals surface area contributed by atoms with Crippen LogP contribution in [0.3, 0.4) is 0 Å². The molecular formula is C9H15N3O2S. The lowest BCUT2D eigenvalue weighted by Crippen LogP contribution is -2.14. The highest BCUT2D eigenvalue weighted by Crippen LogP contribution is 2.20. The maximum Gasteiger partial charge on any atom is 0.157 e. The van der Waals surface area contributed by atoms with Gasteiger partial charge in [0.2, 0.25) is 0 Å². The van der Waals surface area contributed by atoms with E-state index in [2.05, 4.69) is 9.97 Å². The van der Waals surface area contributed by atoms with Gasteiger partial charge in [-0.3, -0.25) is 0 Å². The highest BCUT2D eigenvalue weighted by Gasteiger charge is 2.21. The lowest BCUT2D eigenvalue weighted by Gasteiger charge is -2.11. The fourth-order valence-corrected chi connectivity index (χ4v) is 1.53. The van der Waals surface area contributed by atoms with Gasteiger partial charge in [0.25, 0.3) is 0 Å². The molecule has 0 aliphatic heterocycles. The largest absolute Gasteiger partial charge is 0.383 e. The number of hydrogen-bond donors (Lipinski definition) is 1. The Labute approximate surface area is 89.7 Å². The van der Waals surface area contributed by atoms with Gasteiger partial charge >= 0.3 is 0 Å². The molecule has 0 radical (unpaired) electrons. The van der Waals surface area contributed by atoms with Gasteiger partial charge in [0.15, 0.2) is 9.84 Å². The average molecular weight is 229 g/mol. The summed E-state index contributed by atoms with van der Waals surface area (Å²) in [5.74, 6) is 0.603. The maximum absolute atomic E-state index is 11.3. The lowest BCUT2D eigenvalue weighted by molar-refractivity contribution is 0.589. The predicted octanol–water partition coefficient (Wildman–Crippen LogP) is 0.781. The number of hydrogen-bond acceptors (Lipinski definition) is 5. The number of nitrogens with zero attached hydrogens (tertiary/aromatic N) is 2. The van der Waals surface area contributed by atoms with Crippen LogP contribution < -0.4 is 5.73 Å². The highest BCUT2D eigenvalue weighted by molar-refractivity contribution is 7.90. The molecule has 0 saturated carbocycles. The topological polar surface area (TPSA) is 85.9 Å². The normalized spacial score (nSPS) is 13.9. The van der Waals surface area contributed by atoms with Crippen molar-refractivity contribution in [1.29, 1.82) is 0 Å². The third kappa shape index (κ3) is 2.44. The van der Waals surface area contributed by atoms with Gasteiger partial charge in [0, 0.05) is 17.5 Å². The summed E-state index contributed by atoms with van der Waals surface area (Å²) in [6.45, 7) is 5.14. The molecule has 0 amide bonds. The van der Waals surface area contributed by atoms with E-state index >= 15 is 0 Å². The standard InChI is InChI=1S/C9H15N3O2S/c1-5-6(2)11-9(12-8(5)10)7(3)15(4,13)14/h7H,1-4H3,(H2,10,11,12). The maximum atomic E-state index is 11.3. The van der Waals surface area contributed by atoms with E-state index in [1.807, 2.05) is 0 Å². The van der Waals surface area contributed by atoms with E-state index in [0.717, 1.165) is 11.8 Å². The second kappa shape index (κ2) is 3.77. The van der Waals surface area contributed by atoms with Crippen molar-refractivity contribution in [3.63, 3.8) is 0 Å². The predicted molar refractivity (Wildman–Crippen MR) is 59.2 cm³/mol. The summed E-state index contributed by atoms with van der Waals surface area (Å²) in [6, 6.07) is 0. The molecule has 5 nitrogen and oxygen atoms in total. The number of nitrogens with two attached hydrogens (primary N) is 1. The van der Waals surface area contributed by atoms with E-state index in [0.29, 0.717) is 11.5 Å². The van der Waals surface area contributed by atoms with Crippen molar-refractivity contribution in [1.82, 2.24) is 9.97 Å². The van der Waals surface area contributed by atoms with Gasteiger partial charge in [-0.05, 0) is 20.8 Å². The van der Waals surface area contributed by atoms with Crippen LogP contribution in [0.1, 0.15) is 29.3 Å². The first-order valence-corrected chi connectivity index (χ1v) is 6.48. The summed E-state index contributed by atoms with van der Waals surface area (Å²) in [6.07, 6.45) is 1.16. The van der Waals surface area contributed by atoms with Crippen LogP contribution in [0, 0.1) is 13.8 Å². The third-order valence-electron chi connectivity index (χ3n) is 2.45. The molecule has 0 spiro atoms. The van der Waals surface area contributed by atoms with Crippen LogP contribution in [0.25, 0.3) is 0 Å². The number of aromatic nitrogens is 2. The Hall–Kier alpha value is -1.17. The fourth-order valence-electron chi connectivity index (χ4n) is 1.05. The summed E-state index contributed by atoms with van der Waals surface area (Å²) in [7, 11) is -3.18. The molecule has 0 aromatic carbocycles. The number of rotatable bonds is 2. The van der Waals surface area contributed by atoms with Crippen molar-refractivity contribution in [2.75, 3.05) is 12.0 Å². The molecule has 0 aliphatic rings. The minimum Gasteiger partial charge on any atom is -0.383 e. The number of nitrogen functional groups attached to an aromatic ring is 1. The van der Waals surface area contributed by atoms with E-state index in [9.17, 15) is 8.42 Å². The quantitative estimate of drug-likeness (QED) is 0.810. The van der Waals surface area contributed by atoms with Gasteiger partial charge in [0.05, 0.1) is 0 Å². The smallest absolute Gasteiger partial charge is 0.157 e. The molecule has 2 N–H and O–H groups in total. The van der Waals surface area contributed by atoms with Crippen molar-refractivity contribution in [3.05, 3.63) is 17.1 Å². The first-order valence-electron chi connectivity index (χ1n) is 4.53. The molecule has 15 heavy (non-hydrogen) atoms. The SMILES string of the molecule is Cc1nc(C(C)S(C)(=O)=O)nc(N)c1C. The molecule has 6 heteroatoms. The Morgan fingerprint density at radius 1 is 1.27 bits per heavy atom. The van der Waals surface area contributed by atoms with Gasteiger partial charge in [-0.25, -0.2) is 18.4 Å². The molecular weight excluding hydrogens is 214 g/mol. The van der Waals surface area contributed by atoms with Gasteiger partial charge < -0.3 is 5.73 Å². The molecule has 1 atom stereocenters. The fraction of sp³-hybridized carbons (Fsp3) is 0.556. The second-order valence-electron chi connectivity index (χ2n) is 3.65. The van der Waals surface area contributed by atoms with Crippen molar-refractivity contribution < 1.29 is 8.42 Å². The summed E-state index contributed by atoms with van der Waals surface area (Å²) < 4.78 is 22.6. The van der Waals surface area contributed by atoms with Crippen LogP contribution in [-0.2, 0) is 9.84 Å². The first-order chi connectivity index (χ1) is 6.73. The van der Waals surface area contributed by atoms with Crippen molar-refractivity contribution in [2.24, 2.45) is 0 Å². The van der Waals surface area contributed by atoms with E-state index in [-0.39, 0.29) is 5.82 Å². The highest BCUT2D eigenvalue weighted by atomic mass is 32.2. The van der Waals surface area contributed by atoms with Crippen LogP contribution in [0.5, 0.6) is 0 Å². The Kier molecular flexibility index (Phi) is 2.99. The van der Waals surface area contributed by atoms with Crippen LogP contribution in [-0.4, -0.2) is 24.6 Å². The van der Waals surface area contributed by atoms with Crippen LogP contribution >= 0.6 is 0 Å². The summed E-state index contributed by atoms with van der Waals surface area (Å²) in [5.41, 5.74) is 7.16. The monoisotopic (exact) mass is 229 g/mol. The van der Waals surface area contributed by atoms with Crippen molar-refractivity contribution in [2.45, 2.75) is 26.0 Å². The van der Waals surface area contributed by atoms with Crippen molar-refractivity contribution >= 4 is 15.7 Å². The zero-order chi connectivity index (χ0) is 11.8. The van der Waals surface area contributed by atoms with Crippen LogP contribution in [0.4, 0.5) is 5.82 Å². The number of aryl methyl sites for hydroxylation is 1. The molecule has 1 aromatic rings. The van der Waals surface area contributed by atoms with E-state index < -0.39 is 15.1 Å². The molecule has 1 aromatic heterocycles. The molecule has 1 unspecified atom stereocenters. The Morgan fingerprint density at radius 3 is 2.20 bits per heavy atom. The van der Waals surface area contributed by atoms with Crippen LogP contribution in [0.15, 0.2) is 0 Å². The van der Waals surface area contributed by atoms with E-state index in [1.165, 1.54) is 0 Å². The molecule has 84 valence electrons.